The number of nitrogens with zero attached hydrogens (tertiary/aromatic N) is 3. The van der Waals surface area contributed by atoms with Crippen molar-refractivity contribution in [3.8, 4) is 11.4 Å². The van der Waals surface area contributed by atoms with Gasteiger partial charge in [-0.3, -0.25) is 9.59 Å². The highest BCUT2D eigenvalue weighted by atomic mass is 35.5. The van der Waals surface area contributed by atoms with E-state index in [2.05, 4.69) is 15.5 Å². The van der Waals surface area contributed by atoms with Gasteiger partial charge in [0.25, 0.3) is 0 Å². The van der Waals surface area contributed by atoms with Crippen LogP contribution in [-0.2, 0) is 11.2 Å². The van der Waals surface area contributed by atoms with E-state index < -0.39 is 0 Å². The fourth-order valence-corrected chi connectivity index (χ4v) is 2.93. The van der Waals surface area contributed by atoms with Gasteiger partial charge in [-0.05, 0) is 30.7 Å². The summed E-state index contributed by atoms with van der Waals surface area (Å²) in [5, 5.41) is 11.5. The lowest BCUT2D eigenvalue weighted by atomic mass is 10.2. The molecule has 1 N–H and O–H groups in total. The predicted molar refractivity (Wildman–Crippen MR) is 105 cm³/mol. The second-order valence-corrected chi connectivity index (χ2v) is 6.40. The second kappa shape index (κ2) is 8.60. The highest BCUT2D eigenvalue weighted by Crippen LogP contribution is 2.27. The average Bonchev–Trinajstić information content (AvgIpc) is 3.06. The van der Waals surface area contributed by atoms with E-state index in [4.69, 9.17) is 11.6 Å². The topological polar surface area (TPSA) is 76.9 Å². The van der Waals surface area contributed by atoms with Gasteiger partial charge in [0.1, 0.15) is 5.82 Å². The van der Waals surface area contributed by atoms with E-state index in [1.807, 2.05) is 31.2 Å². The zero-order valence-electron chi connectivity index (χ0n) is 14.9. The number of para-hydroxylation sites is 1. The third kappa shape index (κ3) is 4.41. The molecule has 0 atom stereocenters. The number of aromatic nitrogens is 3. The van der Waals surface area contributed by atoms with E-state index in [-0.39, 0.29) is 24.1 Å². The molecule has 138 valence electrons. The monoisotopic (exact) mass is 382 g/mol. The fourth-order valence-electron chi connectivity index (χ4n) is 2.71. The summed E-state index contributed by atoms with van der Waals surface area (Å²) in [6, 6.07) is 16.2. The smallest absolute Gasteiger partial charge is 0.233 e. The minimum atomic E-state index is -0.273. The van der Waals surface area contributed by atoms with Crippen LogP contribution in [0.25, 0.3) is 11.4 Å². The van der Waals surface area contributed by atoms with Gasteiger partial charge in [0, 0.05) is 17.7 Å². The molecule has 0 radical (unpaired) electrons. The number of amides is 1. The second-order valence-electron chi connectivity index (χ2n) is 5.99. The van der Waals surface area contributed by atoms with Gasteiger partial charge in [0.15, 0.2) is 5.82 Å². The molecule has 6 nitrogen and oxygen atoms in total. The van der Waals surface area contributed by atoms with Crippen molar-refractivity contribution in [3.05, 3.63) is 65.4 Å². The van der Waals surface area contributed by atoms with Gasteiger partial charge < -0.3 is 5.32 Å². The quantitative estimate of drug-likeness (QED) is 0.692. The van der Waals surface area contributed by atoms with Crippen LogP contribution in [0.15, 0.2) is 54.6 Å². The average molecular weight is 383 g/mol. The lowest BCUT2D eigenvalue weighted by Gasteiger charge is -2.10. The van der Waals surface area contributed by atoms with Gasteiger partial charge in [-0.1, -0.05) is 48.9 Å². The summed E-state index contributed by atoms with van der Waals surface area (Å²) in [6.45, 7) is 1.92. The van der Waals surface area contributed by atoms with Crippen LogP contribution in [0.2, 0.25) is 5.02 Å². The normalized spacial score (nSPS) is 10.6. The van der Waals surface area contributed by atoms with Crippen molar-refractivity contribution in [2.45, 2.75) is 26.2 Å². The molecule has 0 saturated heterocycles. The maximum Gasteiger partial charge on any atom is 0.233 e. The summed E-state index contributed by atoms with van der Waals surface area (Å²) < 4.78 is 1.40. The maximum atomic E-state index is 12.7. The Hall–Kier alpha value is -2.99. The first-order valence-corrected chi connectivity index (χ1v) is 9.05. The molecule has 1 amide bonds. The van der Waals surface area contributed by atoms with E-state index in [9.17, 15) is 9.59 Å². The summed E-state index contributed by atoms with van der Waals surface area (Å²) in [4.78, 5) is 25.1. The van der Waals surface area contributed by atoms with Gasteiger partial charge >= 0.3 is 0 Å². The number of carbonyl (C=O) groups is 2. The molecule has 0 spiro atoms. The number of carbonyl (C=O) groups excluding carboxylic acids is 2. The van der Waals surface area contributed by atoms with Gasteiger partial charge in [0.2, 0.25) is 11.8 Å². The minimum Gasteiger partial charge on any atom is -0.326 e. The summed E-state index contributed by atoms with van der Waals surface area (Å²) in [7, 11) is 0. The van der Waals surface area contributed by atoms with Crippen molar-refractivity contribution in [2.75, 3.05) is 5.32 Å². The molecule has 27 heavy (non-hydrogen) atoms. The van der Waals surface area contributed by atoms with Crippen molar-refractivity contribution in [1.29, 1.82) is 0 Å². The Bertz CT molecular complexity index is 954. The molecule has 0 unspecified atom stereocenters. The zero-order valence-corrected chi connectivity index (χ0v) is 15.6. The Kier molecular flexibility index (Phi) is 5.98. The van der Waals surface area contributed by atoms with Gasteiger partial charge in [-0.25, -0.2) is 4.57 Å². The first-order chi connectivity index (χ1) is 13.1. The van der Waals surface area contributed by atoms with Crippen LogP contribution in [0.1, 0.15) is 30.4 Å². The van der Waals surface area contributed by atoms with Crippen LogP contribution in [-0.4, -0.2) is 26.6 Å². The molecule has 3 rings (SSSR count). The number of nitrogens with one attached hydrogen (secondary N) is 1. The summed E-state index contributed by atoms with van der Waals surface area (Å²) in [6.07, 6.45) is 0.930. The van der Waals surface area contributed by atoms with E-state index in [0.717, 1.165) is 0 Å². The third-order valence-corrected chi connectivity index (χ3v) is 4.26. The van der Waals surface area contributed by atoms with Gasteiger partial charge in [-0.15, -0.1) is 10.2 Å². The molecule has 2 aromatic carbocycles. The number of anilines is 1. The zero-order chi connectivity index (χ0) is 19.2. The van der Waals surface area contributed by atoms with E-state index in [1.165, 1.54) is 4.57 Å². The largest absolute Gasteiger partial charge is 0.326 e. The third-order valence-electron chi connectivity index (χ3n) is 3.93. The van der Waals surface area contributed by atoms with E-state index >= 15 is 0 Å². The lowest BCUT2D eigenvalue weighted by Crippen LogP contribution is -2.21. The Morgan fingerprint density at radius 3 is 2.44 bits per heavy atom. The van der Waals surface area contributed by atoms with Crippen molar-refractivity contribution >= 4 is 29.1 Å². The molecular weight excluding hydrogens is 364 g/mol. The van der Waals surface area contributed by atoms with Crippen LogP contribution >= 0.6 is 11.6 Å². The Morgan fingerprint density at radius 2 is 1.74 bits per heavy atom. The van der Waals surface area contributed by atoms with Gasteiger partial charge in [0.05, 0.1) is 11.4 Å². The van der Waals surface area contributed by atoms with Crippen LogP contribution in [0.3, 0.4) is 0 Å². The molecule has 3 aromatic rings. The fraction of sp³-hybridized carbons (Fsp3) is 0.200. The molecule has 0 aliphatic heterocycles. The highest BCUT2D eigenvalue weighted by Gasteiger charge is 2.22. The van der Waals surface area contributed by atoms with Crippen molar-refractivity contribution < 1.29 is 9.59 Å². The minimum absolute atomic E-state index is 0.0677. The molecule has 1 heterocycles. The summed E-state index contributed by atoms with van der Waals surface area (Å²) >= 11 is 6.26. The number of hydrogen-bond acceptors (Lipinski definition) is 4. The molecule has 0 aliphatic carbocycles. The molecule has 7 heteroatoms. The molecule has 0 fully saturated rings. The highest BCUT2D eigenvalue weighted by molar-refractivity contribution is 6.33. The lowest BCUT2D eigenvalue weighted by molar-refractivity contribution is -0.115. The molecule has 0 saturated carbocycles. The SMILES string of the molecule is CCCC(=O)n1c(CC(=O)Nc2ccccc2)nnc1-c1ccccc1Cl. The first kappa shape index (κ1) is 18.8. The standard InChI is InChI=1S/C20H19ClN4O2/c1-2-8-19(27)25-17(13-18(26)22-14-9-4-3-5-10-14)23-24-20(25)15-11-6-7-12-16(15)21/h3-7,9-12H,2,8,13H2,1H3,(H,22,26). The molecule has 0 aliphatic rings. The van der Waals surface area contributed by atoms with Crippen LogP contribution in [0, 0.1) is 0 Å². The summed E-state index contributed by atoms with van der Waals surface area (Å²) in [5.41, 5.74) is 1.28. The van der Waals surface area contributed by atoms with Crippen molar-refractivity contribution in [3.63, 3.8) is 0 Å². The molecular formula is C20H19ClN4O2. The molecule has 0 bridgehead atoms. The van der Waals surface area contributed by atoms with Crippen LogP contribution < -0.4 is 5.32 Å². The Morgan fingerprint density at radius 1 is 1.04 bits per heavy atom. The maximum absolute atomic E-state index is 12.7. The van der Waals surface area contributed by atoms with E-state index in [0.29, 0.717) is 34.9 Å². The van der Waals surface area contributed by atoms with Gasteiger partial charge in [-0.2, -0.15) is 0 Å². The number of benzene rings is 2. The van der Waals surface area contributed by atoms with Crippen LogP contribution in [0.5, 0.6) is 0 Å². The van der Waals surface area contributed by atoms with Crippen LogP contribution in [0.4, 0.5) is 5.69 Å². The first-order valence-electron chi connectivity index (χ1n) is 8.67. The molecule has 1 aromatic heterocycles. The number of hydrogen-bond donors (Lipinski definition) is 1. The van der Waals surface area contributed by atoms with Crippen molar-refractivity contribution in [1.82, 2.24) is 14.8 Å². The summed E-state index contributed by atoms with van der Waals surface area (Å²) in [5.74, 6) is 0.197. The Balaban J connectivity index is 1.92. The number of rotatable bonds is 6. The number of halogens is 1. The predicted octanol–water partition coefficient (Wildman–Crippen LogP) is 4.22. The Labute approximate surface area is 162 Å². The van der Waals surface area contributed by atoms with E-state index in [1.54, 1.807) is 30.3 Å². The van der Waals surface area contributed by atoms with Crippen molar-refractivity contribution in [2.24, 2.45) is 0 Å².